The van der Waals surface area contributed by atoms with Gasteiger partial charge in [-0.25, -0.2) is 0 Å². The Kier molecular flexibility index (Phi) is 1.80. The van der Waals surface area contributed by atoms with Crippen molar-refractivity contribution in [2.24, 2.45) is 0 Å². The molecule has 72 valence electrons. The summed E-state index contributed by atoms with van der Waals surface area (Å²) in [7, 11) is 0. The summed E-state index contributed by atoms with van der Waals surface area (Å²) in [5.74, 6) is -4.33. The molecule has 0 fully saturated rings. The minimum absolute atomic E-state index is 0.0582. The van der Waals surface area contributed by atoms with Gasteiger partial charge in [0.1, 0.15) is 0 Å². The fourth-order valence-corrected chi connectivity index (χ4v) is 1.71. The molecular weight excluding hydrogens is 215 g/mol. The third kappa shape index (κ3) is 1.73. The first kappa shape index (κ1) is 5.99. The molecule has 0 spiro atoms. The number of halogens is 2. The predicted octanol–water partition coefficient (Wildman–Crippen LogP) is 4.32. The van der Waals surface area contributed by atoms with Crippen LogP contribution in [-0.4, -0.2) is 0 Å². The van der Waals surface area contributed by atoms with Crippen molar-refractivity contribution >= 4 is 34.0 Å². The highest BCUT2D eigenvalue weighted by Crippen LogP contribution is 2.22. The third-order valence-electron chi connectivity index (χ3n) is 2.09. The molecule has 2 rings (SSSR count). The van der Waals surface area contributed by atoms with Crippen molar-refractivity contribution in [3.05, 3.63) is 47.5 Å². The molecule has 0 aliphatic heterocycles. The van der Waals surface area contributed by atoms with Gasteiger partial charge in [-0.15, -0.1) is 23.2 Å². The van der Waals surface area contributed by atoms with Gasteiger partial charge in [0, 0.05) is 17.1 Å². The summed E-state index contributed by atoms with van der Waals surface area (Å²) >= 11 is 11.4. The van der Waals surface area contributed by atoms with E-state index in [0.29, 0.717) is 0 Å². The van der Waals surface area contributed by atoms with E-state index in [4.69, 9.17) is 28.7 Å². The lowest BCUT2D eigenvalue weighted by Crippen LogP contribution is -1.88. The molecule has 2 aromatic rings. The van der Waals surface area contributed by atoms with Crippen molar-refractivity contribution in [2.75, 3.05) is 0 Å². The van der Waals surface area contributed by atoms with Gasteiger partial charge in [0.25, 0.3) is 0 Å². The summed E-state index contributed by atoms with van der Waals surface area (Å²) in [6, 6.07) is 10.4. The molecule has 2 aromatic carbocycles. The van der Waals surface area contributed by atoms with Crippen LogP contribution in [0.5, 0.6) is 0 Å². The van der Waals surface area contributed by atoms with E-state index < -0.39 is 11.7 Å². The molecule has 0 unspecified atom stereocenters. The summed E-state index contributed by atoms with van der Waals surface area (Å²) in [4.78, 5) is 0. The van der Waals surface area contributed by atoms with Crippen LogP contribution in [0.4, 0.5) is 0 Å². The Morgan fingerprint density at radius 2 is 1.36 bits per heavy atom. The minimum Gasteiger partial charge on any atom is -0.122 e. The monoisotopic (exact) mass is 228 g/mol. The Bertz CT molecular complexity index is 532. The number of rotatable bonds is 2. The van der Waals surface area contributed by atoms with Crippen molar-refractivity contribution in [3.63, 3.8) is 0 Å². The third-order valence-corrected chi connectivity index (χ3v) is 2.50. The first-order valence-corrected chi connectivity index (χ1v) is 4.87. The topological polar surface area (TPSA) is 0 Å². The van der Waals surface area contributed by atoms with Gasteiger partial charge in [-0.3, -0.25) is 0 Å². The fourth-order valence-electron chi connectivity index (χ4n) is 1.40. The van der Waals surface area contributed by atoms with Crippen LogP contribution in [-0.2, 0) is 11.7 Å². The zero-order valence-electron chi connectivity index (χ0n) is 11.2. The highest BCUT2D eigenvalue weighted by Gasteiger charge is 2.02. The van der Waals surface area contributed by atoms with E-state index in [2.05, 4.69) is 0 Å². The first-order valence-electron chi connectivity index (χ1n) is 6.11. The summed E-state index contributed by atoms with van der Waals surface area (Å²) < 4.78 is 30.3. The molecule has 0 amide bonds. The maximum absolute atomic E-state index is 7.58. The SMILES string of the molecule is [2H]C([2H])(Cl)c1cc2ccccc2cc1C([2H])([2H])Cl. The number of fused-ring (bicyclic) bond motifs is 1. The molecule has 0 saturated carbocycles. The molecular formula is C12H10Cl2. The van der Waals surface area contributed by atoms with Gasteiger partial charge in [-0.2, -0.15) is 0 Å². The largest absolute Gasteiger partial charge is 0.122 e. The Morgan fingerprint density at radius 1 is 0.929 bits per heavy atom. The van der Waals surface area contributed by atoms with Crippen molar-refractivity contribution < 1.29 is 5.48 Å². The van der Waals surface area contributed by atoms with E-state index in [1.807, 2.05) is 24.3 Å². The van der Waals surface area contributed by atoms with Gasteiger partial charge in [-0.1, -0.05) is 24.3 Å². The van der Waals surface area contributed by atoms with Crippen LogP contribution >= 0.6 is 23.2 Å². The highest BCUT2D eigenvalue weighted by atomic mass is 35.5. The van der Waals surface area contributed by atoms with Crippen LogP contribution in [0, 0.1) is 0 Å². The zero-order chi connectivity index (χ0) is 13.6. The van der Waals surface area contributed by atoms with Crippen LogP contribution in [0.25, 0.3) is 10.8 Å². The second kappa shape index (κ2) is 4.20. The second-order valence-corrected chi connectivity index (χ2v) is 3.31. The van der Waals surface area contributed by atoms with Crippen LogP contribution in [0.1, 0.15) is 16.6 Å². The van der Waals surface area contributed by atoms with Crippen LogP contribution in [0.3, 0.4) is 0 Å². The van der Waals surface area contributed by atoms with Crippen LogP contribution < -0.4 is 0 Å². The van der Waals surface area contributed by atoms with E-state index in [1.165, 1.54) is 12.1 Å². The van der Waals surface area contributed by atoms with Crippen LogP contribution in [0.2, 0.25) is 0 Å². The molecule has 0 radical (unpaired) electrons. The molecule has 0 nitrogen and oxygen atoms in total. The lowest BCUT2D eigenvalue weighted by atomic mass is 10.0. The van der Waals surface area contributed by atoms with Gasteiger partial charge in [0.05, 0.1) is 0 Å². The Morgan fingerprint density at radius 3 is 1.71 bits per heavy atom. The predicted molar refractivity (Wildman–Crippen MR) is 63.1 cm³/mol. The van der Waals surface area contributed by atoms with Gasteiger partial charge >= 0.3 is 0 Å². The van der Waals surface area contributed by atoms with Gasteiger partial charge in [0.2, 0.25) is 0 Å². The molecule has 0 saturated heterocycles. The van der Waals surface area contributed by atoms with Gasteiger partial charge in [0.15, 0.2) is 0 Å². The van der Waals surface area contributed by atoms with Crippen molar-refractivity contribution in [1.29, 1.82) is 0 Å². The Labute approximate surface area is 99.1 Å². The van der Waals surface area contributed by atoms with E-state index in [1.54, 1.807) is 0 Å². The number of benzene rings is 2. The quantitative estimate of drug-likeness (QED) is 0.673. The van der Waals surface area contributed by atoms with E-state index in [9.17, 15) is 0 Å². The molecule has 0 atom stereocenters. The Balaban J connectivity index is 2.81. The second-order valence-electron chi connectivity index (χ2n) is 2.93. The molecule has 0 N–H and O–H groups in total. The molecule has 2 heteroatoms. The zero-order valence-corrected chi connectivity index (χ0v) is 8.73. The molecule has 0 heterocycles. The van der Waals surface area contributed by atoms with Crippen LogP contribution in [0.15, 0.2) is 36.4 Å². The van der Waals surface area contributed by atoms with E-state index in [0.717, 1.165) is 10.8 Å². The van der Waals surface area contributed by atoms with Crippen molar-refractivity contribution in [2.45, 2.75) is 11.7 Å². The summed E-state index contributed by atoms with van der Waals surface area (Å²) in [5, 5.41) is 1.59. The summed E-state index contributed by atoms with van der Waals surface area (Å²) in [6.45, 7) is 0. The number of hydrogen-bond donors (Lipinski definition) is 0. The summed E-state index contributed by atoms with van der Waals surface area (Å²) in [5.41, 5.74) is 0.116. The molecule has 0 aliphatic carbocycles. The average molecular weight is 229 g/mol. The molecule has 14 heavy (non-hydrogen) atoms. The van der Waals surface area contributed by atoms with E-state index in [-0.39, 0.29) is 11.1 Å². The summed E-state index contributed by atoms with van der Waals surface area (Å²) in [6.07, 6.45) is 0. The maximum Gasteiger partial charge on any atom is 0.0486 e. The standard InChI is InChI=1S/C12H10Cl2/c13-7-11-5-9-3-1-2-4-10(9)6-12(11)8-14/h1-6H,7-8H2/i7D2,8D2. The number of alkyl halides is 2. The fraction of sp³-hybridized carbons (Fsp3) is 0.167. The minimum atomic E-state index is -2.17. The molecule has 0 aliphatic rings. The van der Waals surface area contributed by atoms with Gasteiger partial charge in [-0.05, 0) is 34.0 Å². The lowest BCUT2D eigenvalue weighted by molar-refractivity contribution is 1.29. The van der Waals surface area contributed by atoms with E-state index >= 15 is 0 Å². The average Bonchev–Trinajstić information content (AvgIpc) is 2.25. The molecule has 0 aromatic heterocycles. The normalized spacial score (nSPS) is 17.0. The smallest absolute Gasteiger partial charge is 0.0486 e. The highest BCUT2D eigenvalue weighted by molar-refractivity contribution is 6.19. The maximum atomic E-state index is 7.58. The first-order chi connectivity index (χ1) is 8.19. The van der Waals surface area contributed by atoms with Crippen molar-refractivity contribution in [3.8, 4) is 0 Å². The van der Waals surface area contributed by atoms with Crippen molar-refractivity contribution in [1.82, 2.24) is 0 Å². The van der Waals surface area contributed by atoms with Gasteiger partial charge < -0.3 is 0 Å². The number of hydrogen-bond acceptors (Lipinski definition) is 0. The molecule has 0 bridgehead atoms. The lowest BCUT2D eigenvalue weighted by Gasteiger charge is -2.06. The Hall–Kier alpha value is -0.720.